The molecule has 0 aromatic carbocycles. The Morgan fingerprint density at radius 2 is 0.366 bits per heavy atom. The van der Waals surface area contributed by atoms with Crippen molar-refractivity contribution in [2.45, 2.75) is 175 Å². The molecule has 0 radical (unpaired) electrons. The summed E-state index contributed by atoms with van der Waals surface area (Å²) in [7, 11) is 0. The van der Waals surface area contributed by atoms with Gasteiger partial charge in [-0.2, -0.15) is 0 Å². The van der Waals surface area contributed by atoms with Crippen molar-refractivity contribution in [2.75, 3.05) is 191 Å². The zero-order valence-electron chi connectivity index (χ0n) is 76.0. The SMILES string of the molecule is CCOC(=O)CCC(=O)OCC(CN=[N+]=[N-])(COC(=O)CCC(=O)OCC(CN=[N+]=[N-])(COC(=O)CCC(=O)OCC1(CN=[N+]=[N-])COC(C)(C)OC1)COC(=O)CCC(=O)OCC1(CN=[N+]=[N-])COC(C)(C)OC1)COC(=O)CCC(=O)OCC(CN=[N+]=[N-])(COC(=O)CCC(=O)OCC1(CN=[N+]=[N-])COC(C)(C)OC1)COC(=O)CCC(=O)OCC1(CN=[N+]=[N-])COC(C)(C)OC1. The van der Waals surface area contributed by atoms with E-state index in [4.69, 9.17) is 126 Å². The number of rotatable bonds is 62. The van der Waals surface area contributed by atoms with Crippen LogP contribution in [0.25, 0.3) is 73.1 Å². The summed E-state index contributed by atoms with van der Waals surface area (Å²) in [4.78, 5) is 205. The molecule has 4 aliphatic heterocycles. The number of nitrogens with zero attached hydrogens (tertiary/aromatic N) is 21. The Morgan fingerprint density at radius 1 is 0.231 bits per heavy atom. The minimum atomic E-state index is -2.03. The maximum Gasteiger partial charge on any atom is 0.306 e. The second-order valence-electron chi connectivity index (χ2n) is 34.0. The fourth-order valence-corrected chi connectivity index (χ4v) is 11.5. The summed E-state index contributed by atoms with van der Waals surface area (Å²) in [6, 6.07) is 0. The highest BCUT2D eigenvalue weighted by Crippen LogP contribution is 2.37. The molecule has 0 aliphatic carbocycles. The molecule has 0 N–H and O–H groups in total. The third-order valence-electron chi connectivity index (χ3n) is 20.1. The molecule has 57 nitrogen and oxygen atoms in total. The molecule has 134 heavy (non-hydrogen) atoms. The Morgan fingerprint density at radius 3 is 0.500 bits per heavy atom. The van der Waals surface area contributed by atoms with Crippen LogP contribution in [0, 0.1) is 37.9 Å². The van der Waals surface area contributed by atoms with Crippen LogP contribution in [0.3, 0.4) is 0 Å². The van der Waals surface area contributed by atoms with E-state index in [0.29, 0.717) is 0 Å². The molecule has 57 heteroatoms. The largest absolute Gasteiger partial charge is 0.466 e. The first kappa shape index (κ1) is 114. The molecule has 0 unspecified atom stereocenters. The van der Waals surface area contributed by atoms with Crippen LogP contribution in [-0.2, 0) is 171 Å². The predicted molar refractivity (Wildman–Crippen MR) is 443 cm³/mol. The second-order valence-corrected chi connectivity index (χ2v) is 34.0. The van der Waals surface area contributed by atoms with Crippen molar-refractivity contribution in [2.24, 2.45) is 73.7 Å². The van der Waals surface area contributed by atoms with Crippen LogP contribution >= 0.6 is 0 Å². The highest BCUT2D eigenvalue weighted by Gasteiger charge is 2.47. The minimum absolute atomic E-state index is 0.0448. The molecule has 742 valence electrons. The summed E-state index contributed by atoms with van der Waals surface area (Å²) in [6.45, 7) is 1.41. The fourth-order valence-electron chi connectivity index (χ4n) is 11.5. The van der Waals surface area contributed by atoms with Gasteiger partial charge in [0.1, 0.15) is 85.9 Å². The van der Waals surface area contributed by atoms with Gasteiger partial charge >= 0.3 is 83.6 Å². The van der Waals surface area contributed by atoms with Gasteiger partial charge in [-0.25, -0.2) is 0 Å². The number of carbonyl (C=O) groups excluding carboxylic acids is 14. The molecule has 4 heterocycles. The van der Waals surface area contributed by atoms with Crippen LogP contribution < -0.4 is 0 Å². The number of azide groups is 7. The van der Waals surface area contributed by atoms with Gasteiger partial charge in [-0.3, -0.25) is 67.1 Å². The average molecular weight is 1910 g/mol. The van der Waals surface area contributed by atoms with E-state index in [0.717, 1.165) is 0 Å². The van der Waals surface area contributed by atoms with Gasteiger partial charge in [0.2, 0.25) is 0 Å². The van der Waals surface area contributed by atoms with Crippen LogP contribution in [-0.4, -0.2) is 298 Å². The summed E-state index contributed by atoms with van der Waals surface area (Å²) in [5.74, 6) is -18.9. The van der Waals surface area contributed by atoms with E-state index in [-0.39, 0.29) is 112 Å². The normalized spacial score (nSPS) is 17.7. The molecule has 0 spiro atoms. The molecule has 0 amide bonds. The third-order valence-corrected chi connectivity index (χ3v) is 20.1. The van der Waals surface area contributed by atoms with Crippen molar-refractivity contribution in [3.63, 3.8) is 0 Å². The van der Waals surface area contributed by atoms with E-state index in [2.05, 4.69) is 70.2 Å². The first-order valence-electron chi connectivity index (χ1n) is 41.8. The quantitative estimate of drug-likeness (QED) is 0.0182. The third kappa shape index (κ3) is 44.3. The first-order chi connectivity index (χ1) is 63.4. The Balaban J connectivity index is 1.53. The second kappa shape index (κ2) is 56.5. The Hall–Kier alpha value is -12.6. The summed E-state index contributed by atoms with van der Waals surface area (Å²) >= 11 is 0. The molecule has 4 aliphatic rings. The number of carbonyl (C=O) groups is 14. The zero-order valence-corrected chi connectivity index (χ0v) is 76.0. The van der Waals surface area contributed by atoms with Crippen molar-refractivity contribution < 1.29 is 171 Å². The van der Waals surface area contributed by atoms with Gasteiger partial charge in [0.25, 0.3) is 0 Å². The van der Waals surface area contributed by atoms with Gasteiger partial charge in [0.05, 0.1) is 187 Å². The topological polar surface area (TPSA) is 783 Å². The van der Waals surface area contributed by atoms with Crippen LogP contribution in [0.15, 0.2) is 35.8 Å². The lowest BCUT2D eigenvalue weighted by Crippen LogP contribution is -2.50. The van der Waals surface area contributed by atoms with Crippen molar-refractivity contribution in [1.29, 1.82) is 0 Å². The van der Waals surface area contributed by atoms with Crippen LogP contribution in [0.4, 0.5) is 0 Å². The molecule has 0 aromatic heterocycles. The highest BCUT2D eigenvalue weighted by atomic mass is 16.7. The molecule has 4 saturated heterocycles. The van der Waals surface area contributed by atoms with Gasteiger partial charge in [0, 0.05) is 80.2 Å². The van der Waals surface area contributed by atoms with E-state index >= 15 is 0 Å². The van der Waals surface area contributed by atoms with Gasteiger partial charge in [0.15, 0.2) is 23.1 Å². The van der Waals surface area contributed by atoms with Crippen LogP contribution in [0.1, 0.15) is 152 Å². The summed E-state index contributed by atoms with van der Waals surface area (Å²) in [6.07, 6.45) is -9.57. The highest BCUT2D eigenvalue weighted by molar-refractivity contribution is 5.81. The molecule has 0 atom stereocenters. The maximum atomic E-state index is 13.7. The van der Waals surface area contributed by atoms with E-state index < -0.39 is 314 Å². The zero-order chi connectivity index (χ0) is 99.4. The number of esters is 14. The van der Waals surface area contributed by atoms with Crippen molar-refractivity contribution in [1.82, 2.24) is 0 Å². The molecule has 4 fully saturated rings. The molecular formula is C77H113N21O36. The Kier molecular flexibility index (Phi) is 47.9. The lowest BCUT2D eigenvalue weighted by Gasteiger charge is -2.42. The molecule has 4 rings (SSSR count). The monoisotopic (exact) mass is 1910 g/mol. The summed E-state index contributed by atoms with van der Waals surface area (Å²) in [5.41, 5.74) is 54.3. The van der Waals surface area contributed by atoms with Crippen LogP contribution in [0.5, 0.6) is 0 Å². The van der Waals surface area contributed by atoms with Crippen LogP contribution in [0.2, 0.25) is 0 Å². The summed E-state index contributed by atoms with van der Waals surface area (Å²) < 4.78 is 121. The van der Waals surface area contributed by atoms with Gasteiger partial charge < -0.3 is 104 Å². The lowest BCUT2D eigenvalue weighted by atomic mass is 9.90. The van der Waals surface area contributed by atoms with Gasteiger partial charge in [-0.1, -0.05) is 35.8 Å². The van der Waals surface area contributed by atoms with E-state index in [1.54, 1.807) is 55.4 Å². The standard InChI is InChI=1S/C77H113N21O36/c1-10-113-53(99)11-12-54(100)114-32-71(25-85-92-78,33-115-55(101)13-15-57(103)117-35-72(26-86-93-79,37-119-59(105)17-21-63(109)123-41-74(28-88-95-81)45-127-67(2,3)128-46-74)38-120-60(106)18-22-64(110)124-42-75(29-89-96-82)47-129-68(4,5)130-48-75)34-116-56(102)14-16-58(104)118-36-73(27-87-94-80,39-121-61(107)19-23-65(111)125-43-76(30-90-97-83)49-131-69(6,7)132-50-76)40-122-62(108)20-24-66(112)126-44-77(31-91-98-84)51-133-70(8,9)134-52-77/h10-52H2,1-9H3. The van der Waals surface area contributed by atoms with Crippen molar-refractivity contribution in [3.05, 3.63) is 73.1 Å². The maximum absolute atomic E-state index is 13.7. The first-order valence-corrected chi connectivity index (χ1v) is 41.8. The van der Waals surface area contributed by atoms with E-state index in [1.165, 1.54) is 6.92 Å². The Labute approximate surface area is 765 Å². The number of hydrogen-bond donors (Lipinski definition) is 0. The molecular weight excluding hydrogens is 1790 g/mol. The lowest BCUT2D eigenvalue weighted by molar-refractivity contribution is -0.289. The Bertz CT molecular complexity index is 3950. The predicted octanol–water partition coefficient (Wildman–Crippen LogP) is 8.28. The van der Waals surface area contributed by atoms with Gasteiger partial charge in [-0.15, -0.1) is 0 Å². The average Bonchev–Trinajstić information content (AvgIpc) is 0.844. The van der Waals surface area contributed by atoms with Crippen molar-refractivity contribution in [3.8, 4) is 0 Å². The molecule has 0 bridgehead atoms. The molecule has 0 saturated carbocycles. The van der Waals surface area contributed by atoms with E-state index in [9.17, 15) is 83.7 Å². The van der Waals surface area contributed by atoms with Crippen molar-refractivity contribution >= 4 is 83.6 Å². The minimum Gasteiger partial charge on any atom is -0.466 e. The smallest absolute Gasteiger partial charge is 0.306 e. The summed E-state index contributed by atoms with van der Waals surface area (Å²) in [5, 5.41) is 24.9. The van der Waals surface area contributed by atoms with Gasteiger partial charge in [-0.05, 0) is 101 Å². The number of ether oxygens (including phenoxy) is 22. The molecule has 0 aromatic rings. The number of hydrogen-bond acceptors (Lipinski definition) is 43. The fraction of sp³-hybridized carbons (Fsp3) is 0.818. The van der Waals surface area contributed by atoms with E-state index in [1.807, 2.05) is 0 Å².